The molecule has 3 heterocycles. The molecule has 3 heteroatoms. The van der Waals surface area contributed by atoms with Gasteiger partial charge in [0.15, 0.2) is 0 Å². The van der Waals surface area contributed by atoms with E-state index in [1.165, 1.54) is 44.2 Å². The van der Waals surface area contributed by atoms with Gasteiger partial charge >= 0.3 is 0 Å². The highest BCUT2D eigenvalue weighted by Gasteiger charge is 2.22. The molecule has 9 rings (SSSR count). The van der Waals surface area contributed by atoms with Crippen LogP contribution in [-0.4, -0.2) is 9.55 Å². The zero-order chi connectivity index (χ0) is 27.6. The molecule has 0 spiro atoms. The quantitative estimate of drug-likeness (QED) is 0.225. The Bertz CT molecular complexity index is 2320. The van der Waals surface area contributed by atoms with Crippen LogP contribution in [0, 0.1) is 0 Å². The van der Waals surface area contributed by atoms with Crippen molar-refractivity contribution in [2.45, 2.75) is 0 Å². The van der Waals surface area contributed by atoms with Crippen molar-refractivity contribution in [1.29, 1.82) is 0 Å². The van der Waals surface area contributed by atoms with Crippen LogP contribution in [-0.2, 0) is 0 Å². The lowest BCUT2D eigenvalue weighted by molar-refractivity contribution is 0.487. The van der Waals surface area contributed by atoms with Gasteiger partial charge in [-0.2, -0.15) is 0 Å². The average Bonchev–Trinajstić information content (AvgIpc) is 3.39. The third-order valence-electron chi connectivity index (χ3n) is 8.41. The Morgan fingerprint density at radius 3 is 2.21 bits per heavy atom. The zero-order valence-corrected chi connectivity index (χ0v) is 22.7. The molecule has 42 heavy (non-hydrogen) atoms. The smallest absolute Gasteiger partial charge is 0.136 e. The molecular weight excluding hydrogens is 512 g/mol. The maximum Gasteiger partial charge on any atom is 0.136 e. The number of rotatable bonds is 3. The van der Waals surface area contributed by atoms with E-state index >= 15 is 0 Å². The minimum atomic E-state index is 0.874. The maximum atomic E-state index is 6.55. The van der Waals surface area contributed by atoms with Gasteiger partial charge in [-0.3, -0.25) is 4.98 Å². The van der Waals surface area contributed by atoms with Crippen molar-refractivity contribution in [1.82, 2.24) is 9.55 Å². The summed E-state index contributed by atoms with van der Waals surface area (Å²) in [5.41, 5.74) is 10.2. The van der Waals surface area contributed by atoms with Gasteiger partial charge in [0, 0.05) is 39.2 Å². The van der Waals surface area contributed by atoms with Gasteiger partial charge < -0.3 is 9.30 Å². The number of fused-ring (bicyclic) bond motifs is 5. The largest absolute Gasteiger partial charge is 0.456 e. The van der Waals surface area contributed by atoms with Gasteiger partial charge in [-0.25, -0.2) is 0 Å². The Morgan fingerprint density at radius 2 is 1.31 bits per heavy atom. The monoisotopic (exact) mass is 536 g/mol. The van der Waals surface area contributed by atoms with Crippen molar-refractivity contribution in [2.24, 2.45) is 0 Å². The van der Waals surface area contributed by atoms with Gasteiger partial charge in [0.2, 0.25) is 0 Å². The number of hydrogen-bond acceptors (Lipinski definition) is 2. The Morgan fingerprint density at radius 1 is 0.500 bits per heavy atom. The van der Waals surface area contributed by atoms with Crippen LogP contribution in [0.25, 0.3) is 71.8 Å². The molecule has 0 atom stereocenters. The van der Waals surface area contributed by atoms with Crippen LogP contribution in [0.3, 0.4) is 0 Å². The van der Waals surface area contributed by atoms with Crippen LogP contribution in [0.4, 0.5) is 0 Å². The first kappa shape index (κ1) is 23.1. The van der Waals surface area contributed by atoms with E-state index in [4.69, 9.17) is 4.74 Å². The van der Waals surface area contributed by atoms with Gasteiger partial charge in [0.1, 0.15) is 11.5 Å². The Labute approximate surface area is 242 Å². The summed E-state index contributed by atoms with van der Waals surface area (Å²) in [6.45, 7) is 0. The van der Waals surface area contributed by atoms with Crippen molar-refractivity contribution >= 4 is 32.6 Å². The van der Waals surface area contributed by atoms with E-state index in [2.05, 4.69) is 131 Å². The number of hydrogen-bond donors (Lipinski definition) is 0. The van der Waals surface area contributed by atoms with Crippen LogP contribution in [0.5, 0.6) is 11.5 Å². The molecule has 196 valence electrons. The van der Waals surface area contributed by atoms with Crippen LogP contribution in [0.2, 0.25) is 0 Å². The van der Waals surface area contributed by atoms with Crippen molar-refractivity contribution < 1.29 is 4.74 Å². The standard InChI is InChI=1S/C39H24N2O/c1-2-10-29(11-3-1)41-35-15-5-4-12-30(35)32-22-25(16-18-36(32)41)26-17-19-37-33(23-26)31-13-8-9-27-21-28(24-38(42-37)39(27)31)34-14-6-7-20-40-34/h1-24H. The molecule has 0 aliphatic carbocycles. The highest BCUT2D eigenvalue weighted by Crippen LogP contribution is 2.49. The van der Waals surface area contributed by atoms with E-state index in [9.17, 15) is 0 Å². The molecule has 1 aliphatic rings. The molecule has 0 unspecified atom stereocenters. The van der Waals surface area contributed by atoms with E-state index < -0.39 is 0 Å². The number of ether oxygens (including phenoxy) is 1. The van der Waals surface area contributed by atoms with E-state index in [1.807, 2.05) is 24.4 Å². The van der Waals surface area contributed by atoms with Crippen molar-refractivity contribution in [3.05, 3.63) is 146 Å². The fourth-order valence-electron chi connectivity index (χ4n) is 6.51. The predicted octanol–water partition coefficient (Wildman–Crippen LogP) is 10.4. The first-order chi connectivity index (χ1) is 20.8. The molecule has 6 aromatic carbocycles. The number of para-hydroxylation sites is 2. The highest BCUT2D eigenvalue weighted by atomic mass is 16.5. The number of nitrogens with zero attached hydrogens (tertiary/aromatic N) is 2. The summed E-state index contributed by atoms with van der Waals surface area (Å²) < 4.78 is 8.90. The molecule has 0 N–H and O–H groups in total. The topological polar surface area (TPSA) is 27.1 Å². The second-order valence-corrected chi connectivity index (χ2v) is 10.8. The Balaban J connectivity index is 1.20. The van der Waals surface area contributed by atoms with Crippen molar-refractivity contribution in [3.8, 4) is 50.7 Å². The summed E-state index contributed by atoms with van der Waals surface area (Å²) in [5, 5.41) is 4.79. The van der Waals surface area contributed by atoms with Gasteiger partial charge in [-0.15, -0.1) is 0 Å². The fraction of sp³-hybridized carbons (Fsp3) is 0. The van der Waals surface area contributed by atoms with Crippen LogP contribution >= 0.6 is 0 Å². The zero-order valence-electron chi connectivity index (χ0n) is 22.7. The molecule has 1 aliphatic heterocycles. The summed E-state index contributed by atoms with van der Waals surface area (Å²) in [5.74, 6) is 1.75. The van der Waals surface area contributed by atoms with Crippen LogP contribution < -0.4 is 4.74 Å². The summed E-state index contributed by atoms with van der Waals surface area (Å²) in [4.78, 5) is 4.56. The SMILES string of the molecule is c1ccc(-n2c3ccccc3c3cc(-c4ccc5c(c4)-c4cccc6cc(-c7ccccn7)cc(c46)O5)ccc32)cc1. The van der Waals surface area contributed by atoms with E-state index in [0.29, 0.717) is 0 Å². The number of benzene rings is 6. The summed E-state index contributed by atoms with van der Waals surface area (Å²) >= 11 is 0. The minimum absolute atomic E-state index is 0.874. The van der Waals surface area contributed by atoms with Gasteiger partial charge in [-0.1, -0.05) is 72.8 Å². The molecule has 0 saturated heterocycles. The summed E-state index contributed by atoms with van der Waals surface area (Å²) in [7, 11) is 0. The lowest BCUT2D eigenvalue weighted by Crippen LogP contribution is -1.98. The lowest BCUT2D eigenvalue weighted by Gasteiger charge is -2.23. The van der Waals surface area contributed by atoms with Crippen molar-refractivity contribution in [2.75, 3.05) is 0 Å². The molecule has 3 nitrogen and oxygen atoms in total. The predicted molar refractivity (Wildman–Crippen MR) is 172 cm³/mol. The van der Waals surface area contributed by atoms with Crippen molar-refractivity contribution in [3.63, 3.8) is 0 Å². The molecule has 0 fully saturated rings. The lowest BCUT2D eigenvalue weighted by atomic mass is 9.91. The summed E-state index contributed by atoms with van der Waals surface area (Å²) in [6.07, 6.45) is 1.83. The second-order valence-electron chi connectivity index (χ2n) is 10.8. The average molecular weight is 537 g/mol. The third kappa shape index (κ3) is 3.44. The second kappa shape index (κ2) is 8.92. The first-order valence-electron chi connectivity index (χ1n) is 14.2. The molecule has 0 saturated carbocycles. The first-order valence-corrected chi connectivity index (χ1v) is 14.2. The molecule has 0 bridgehead atoms. The number of aromatic nitrogens is 2. The summed E-state index contributed by atoms with van der Waals surface area (Å²) in [6, 6.07) is 49.4. The number of pyridine rings is 1. The molecule has 0 amide bonds. The van der Waals surface area contributed by atoms with Gasteiger partial charge in [0.25, 0.3) is 0 Å². The van der Waals surface area contributed by atoms with E-state index in [0.717, 1.165) is 39.1 Å². The molecule has 2 aromatic heterocycles. The van der Waals surface area contributed by atoms with E-state index in [-0.39, 0.29) is 0 Å². The van der Waals surface area contributed by atoms with Gasteiger partial charge in [-0.05, 0) is 88.8 Å². The fourth-order valence-corrected chi connectivity index (χ4v) is 6.51. The highest BCUT2D eigenvalue weighted by molar-refractivity contribution is 6.11. The van der Waals surface area contributed by atoms with Gasteiger partial charge in [0.05, 0.1) is 16.7 Å². The van der Waals surface area contributed by atoms with Crippen LogP contribution in [0.1, 0.15) is 0 Å². The molecular formula is C39H24N2O. The molecule has 0 radical (unpaired) electrons. The normalized spacial score (nSPS) is 12.0. The van der Waals surface area contributed by atoms with E-state index in [1.54, 1.807) is 0 Å². The Kier molecular flexibility index (Phi) is 4.90. The van der Waals surface area contributed by atoms with Crippen LogP contribution in [0.15, 0.2) is 146 Å². The third-order valence-corrected chi connectivity index (χ3v) is 8.41. The maximum absolute atomic E-state index is 6.55. The Hall–Kier alpha value is -5.67. The minimum Gasteiger partial charge on any atom is -0.456 e. The molecule has 8 aromatic rings.